The van der Waals surface area contributed by atoms with E-state index in [0.29, 0.717) is 10.8 Å². The molecule has 1 saturated heterocycles. The Kier molecular flexibility index (Phi) is 25.8. The lowest BCUT2D eigenvalue weighted by Crippen LogP contribution is -2.58. The summed E-state index contributed by atoms with van der Waals surface area (Å²) in [5, 5.41) is 37.1. The van der Waals surface area contributed by atoms with Crippen LogP contribution in [0.15, 0.2) is 60.8 Å². The lowest BCUT2D eigenvalue weighted by Gasteiger charge is -2.41. The van der Waals surface area contributed by atoms with Gasteiger partial charge in [-0.1, -0.05) is 51.1 Å². The minimum atomic E-state index is -1.80. The molecule has 29 heteroatoms. The van der Waals surface area contributed by atoms with Crippen LogP contribution in [-0.4, -0.2) is 158 Å². The highest BCUT2D eigenvalue weighted by atomic mass is 19.1. The van der Waals surface area contributed by atoms with Gasteiger partial charge in [-0.05, 0) is 68.4 Å². The average Bonchev–Trinajstić information content (AvgIpc) is 2.04. The van der Waals surface area contributed by atoms with Crippen molar-refractivity contribution >= 4 is 76.9 Å². The van der Waals surface area contributed by atoms with E-state index in [1.54, 1.807) is 55.8 Å². The van der Waals surface area contributed by atoms with Gasteiger partial charge in [-0.3, -0.25) is 57.5 Å². The standard InChI is InChI=1S/C56H73F2N11O16/c1-31(62-33(3)71)51(80)63-32(2)52(81)66-41(27-43(59)72)55(84)65-40(54(83)61-23-22-60-53(82)39(17-20-48(77)78)64-44(73)13-10-14-49(79)85-69-45(74)18-19-46(69)75)21-24-68(47(76)30-70)50(56(4,5)6)42-25-35(37-26-36(57)15-16-38(37)58)29-67(42)28-34-11-8-7-9-12-34/h7-9,11-12,15-16,25-26,29,31-32,39-41,50,70H,10,13-14,17-24,27-28,30H2,1-6H3,(H2,59,72)(H,60,82)(H,61,83)(H,62,71)(H,63,80)(H,64,73)(H,65,84)(H,66,81)(H,77,78)/t31-,32+,39+,40-,41-,50-/m0/s1. The van der Waals surface area contributed by atoms with Crippen molar-refractivity contribution in [2.24, 2.45) is 11.1 Å². The number of aliphatic carboxylic acids is 1. The second kappa shape index (κ2) is 32.1. The topological polar surface area (TPSA) is 393 Å². The van der Waals surface area contributed by atoms with Crippen molar-refractivity contribution in [1.29, 1.82) is 0 Å². The quantitative estimate of drug-likeness (QED) is 0.0291. The number of rotatable bonds is 32. The maximum atomic E-state index is 15.4. The molecule has 0 radical (unpaired) electrons. The molecule has 1 aliphatic heterocycles. The summed E-state index contributed by atoms with van der Waals surface area (Å²) in [6.45, 7) is 6.89. The van der Waals surface area contributed by atoms with Crippen LogP contribution in [0.1, 0.15) is 117 Å². The molecule has 3 aromatic rings. The first-order valence-corrected chi connectivity index (χ1v) is 27.2. The van der Waals surface area contributed by atoms with Crippen LogP contribution in [0.25, 0.3) is 11.1 Å². The van der Waals surface area contributed by atoms with Crippen molar-refractivity contribution in [1.82, 2.24) is 51.7 Å². The zero-order valence-electron chi connectivity index (χ0n) is 47.9. The summed E-state index contributed by atoms with van der Waals surface area (Å²) in [6, 6.07) is 5.08. The molecule has 0 unspecified atom stereocenters. The molecule has 6 atom stereocenters. The molecule has 1 fully saturated rings. The van der Waals surface area contributed by atoms with Crippen LogP contribution in [0, 0.1) is 17.0 Å². The number of aliphatic hydroxyl groups excluding tert-OH is 1. The number of hydrogen-bond acceptors (Lipinski definition) is 15. The summed E-state index contributed by atoms with van der Waals surface area (Å²) < 4.78 is 31.8. The van der Waals surface area contributed by atoms with Crippen molar-refractivity contribution < 1.29 is 86.2 Å². The number of primary amides is 1. The van der Waals surface area contributed by atoms with Crippen molar-refractivity contribution in [3.05, 3.63) is 83.7 Å². The zero-order chi connectivity index (χ0) is 63.3. The van der Waals surface area contributed by atoms with Gasteiger partial charge < -0.3 is 67.5 Å². The zero-order valence-corrected chi connectivity index (χ0v) is 47.9. The number of amides is 11. The second-order valence-corrected chi connectivity index (χ2v) is 21.2. The van der Waals surface area contributed by atoms with Gasteiger partial charge in [0.15, 0.2) is 0 Å². The Morgan fingerprint density at radius 3 is 1.89 bits per heavy atom. The fourth-order valence-electron chi connectivity index (χ4n) is 9.01. The van der Waals surface area contributed by atoms with E-state index in [1.807, 2.05) is 12.1 Å². The molecule has 27 nitrogen and oxygen atoms in total. The normalized spacial score (nSPS) is 14.3. The molecule has 1 aromatic heterocycles. The van der Waals surface area contributed by atoms with E-state index in [1.165, 1.54) is 25.7 Å². The van der Waals surface area contributed by atoms with E-state index in [0.717, 1.165) is 23.8 Å². The van der Waals surface area contributed by atoms with Gasteiger partial charge >= 0.3 is 11.9 Å². The fourth-order valence-corrected chi connectivity index (χ4v) is 9.01. The monoisotopic (exact) mass is 1190 g/mol. The van der Waals surface area contributed by atoms with Gasteiger partial charge in [0.1, 0.15) is 48.5 Å². The number of carboxylic acids is 1. The fraction of sp³-hybridized carbons (Fsp3) is 0.482. The molecule has 0 spiro atoms. The summed E-state index contributed by atoms with van der Waals surface area (Å²) in [5.41, 5.74) is 5.82. The van der Waals surface area contributed by atoms with Crippen LogP contribution in [0.2, 0.25) is 0 Å². The van der Waals surface area contributed by atoms with E-state index in [-0.39, 0.29) is 49.9 Å². The highest BCUT2D eigenvalue weighted by molar-refractivity contribution is 6.02. The number of hydrogen-bond donors (Lipinski definition) is 10. The summed E-state index contributed by atoms with van der Waals surface area (Å²) >= 11 is 0. The van der Waals surface area contributed by atoms with Crippen LogP contribution < -0.4 is 43.0 Å². The number of carbonyl (C=O) groups is 13. The van der Waals surface area contributed by atoms with Gasteiger partial charge in [-0.2, -0.15) is 0 Å². The molecule has 0 aliphatic carbocycles. The number of halogens is 2. The van der Waals surface area contributed by atoms with Gasteiger partial charge in [-0.15, -0.1) is 5.06 Å². The number of hydroxylamine groups is 2. The van der Waals surface area contributed by atoms with Crippen LogP contribution in [0.4, 0.5) is 8.78 Å². The Morgan fingerprint density at radius 2 is 1.32 bits per heavy atom. The third-order valence-electron chi connectivity index (χ3n) is 13.1. The van der Waals surface area contributed by atoms with Crippen LogP contribution in [0.5, 0.6) is 0 Å². The minimum Gasteiger partial charge on any atom is -0.481 e. The van der Waals surface area contributed by atoms with Gasteiger partial charge in [0.25, 0.3) is 11.8 Å². The summed E-state index contributed by atoms with van der Waals surface area (Å²) in [5.74, 6) is -13.3. The molecule has 11 amide bonds. The van der Waals surface area contributed by atoms with E-state index in [4.69, 9.17) is 10.6 Å². The van der Waals surface area contributed by atoms with E-state index < -0.39 is 182 Å². The van der Waals surface area contributed by atoms with Gasteiger partial charge in [0, 0.05) is 88.2 Å². The Bertz CT molecular complexity index is 2950. The average molecular weight is 1190 g/mol. The Hall–Kier alpha value is -9.15. The molecule has 4 rings (SSSR count). The first-order chi connectivity index (χ1) is 40.0. The predicted molar refractivity (Wildman–Crippen MR) is 295 cm³/mol. The second-order valence-electron chi connectivity index (χ2n) is 21.2. The number of aromatic nitrogens is 1. The van der Waals surface area contributed by atoms with Crippen molar-refractivity contribution in [3.63, 3.8) is 0 Å². The number of aliphatic hydroxyl groups is 1. The number of imide groups is 1. The molecular formula is C56H73F2N11O16. The minimum absolute atomic E-state index is 0.100. The number of carboxylic acid groups (broad SMARTS) is 1. The number of nitrogens with zero attached hydrogens (tertiary/aromatic N) is 3. The number of benzene rings is 2. The lowest BCUT2D eigenvalue weighted by molar-refractivity contribution is -0.197. The largest absolute Gasteiger partial charge is 0.481 e. The summed E-state index contributed by atoms with van der Waals surface area (Å²) in [4.78, 5) is 172. The molecular weight excluding hydrogens is 1120 g/mol. The molecule has 2 heterocycles. The highest BCUT2D eigenvalue weighted by Gasteiger charge is 2.39. The Labute approximate surface area is 487 Å². The predicted octanol–water partition coefficient (Wildman–Crippen LogP) is 0.0136. The smallest absolute Gasteiger partial charge is 0.333 e. The van der Waals surface area contributed by atoms with E-state index in [2.05, 4.69) is 37.2 Å². The lowest BCUT2D eigenvalue weighted by atomic mass is 9.82. The SMILES string of the molecule is CC(=O)N[C@@H](C)C(=O)N[C@H](C)C(=O)N[C@@H](CC(N)=O)C(=O)N[C@@H](CCN(C(=O)CO)[C@@H](c1cc(-c2cc(F)ccc2F)cn1Cc1ccccc1)C(C)(C)C)C(=O)NCCNC(=O)[C@@H](CCC(=O)O)NC(=O)CCCC(=O)ON1C(=O)CCC1=O. The molecule has 1 aliphatic rings. The molecule has 85 heavy (non-hydrogen) atoms. The number of nitrogens with one attached hydrogen (secondary N) is 7. The van der Waals surface area contributed by atoms with E-state index in [9.17, 15) is 76.9 Å². The third kappa shape index (κ3) is 21.5. The highest BCUT2D eigenvalue weighted by Crippen LogP contribution is 2.41. The summed E-state index contributed by atoms with van der Waals surface area (Å²) in [6.07, 6.45) is -1.93. The van der Waals surface area contributed by atoms with Gasteiger partial charge in [0.05, 0.1) is 12.5 Å². The van der Waals surface area contributed by atoms with Gasteiger partial charge in [-0.25, -0.2) is 13.6 Å². The van der Waals surface area contributed by atoms with Crippen molar-refractivity contribution in [3.8, 4) is 11.1 Å². The van der Waals surface area contributed by atoms with Crippen LogP contribution >= 0.6 is 0 Å². The molecule has 2 aromatic carbocycles. The maximum Gasteiger partial charge on any atom is 0.333 e. The molecule has 11 N–H and O–H groups in total. The Morgan fingerprint density at radius 1 is 0.729 bits per heavy atom. The maximum absolute atomic E-state index is 15.4. The van der Waals surface area contributed by atoms with Gasteiger partial charge in [0.2, 0.25) is 53.2 Å². The van der Waals surface area contributed by atoms with Crippen LogP contribution in [-0.2, 0) is 73.7 Å². The van der Waals surface area contributed by atoms with E-state index >= 15 is 4.39 Å². The molecule has 462 valence electrons. The van der Waals surface area contributed by atoms with Crippen molar-refractivity contribution in [2.45, 2.75) is 142 Å². The first kappa shape index (κ1) is 68.3. The number of carbonyl (C=O) groups excluding carboxylic acids is 12. The van der Waals surface area contributed by atoms with Crippen molar-refractivity contribution in [2.75, 3.05) is 26.2 Å². The third-order valence-corrected chi connectivity index (χ3v) is 13.1. The Balaban J connectivity index is 1.63. The summed E-state index contributed by atoms with van der Waals surface area (Å²) in [7, 11) is 0. The van der Waals surface area contributed by atoms with Crippen LogP contribution in [0.3, 0.4) is 0 Å². The first-order valence-electron chi connectivity index (χ1n) is 27.2. The molecule has 0 bridgehead atoms. The molecule has 0 saturated carbocycles. The number of nitrogens with two attached hydrogens (primary N) is 1.